The van der Waals surface area contributed by atoms with Gasteiger partial charge in [0.2, 0.25) is 0 Å². The van der Waals surface area contributed by atoms with Gasteiger partial charge in [-0.05, 0) is 37.3 Å². The van der Waals surface area contributed by atoms with Gasteiger partial charge < -0.3 is 5.32 Å². The van der Waals surface area contributed by atoms with Crippen molar-refractivity contribution < 1.29 is 13.2 Å². The zero-order valence-electron chi connectivity index (χ0n) is 13.5. The van der Waals surface area contributed by atoms with Crippen LogP contribution in [-0.4, -0.2) is 27.4 Å². The Kier molecular flexibility index (Phi) is 5.76. The number of hydrogen-bond donors (Lipinski definition) is 1. The fourth-order valence-electron chi connectivity index (χ4n) is 2.24. The van der Waals surface area contributed by atoms with Gasteiger partial charge >= 0.3 is 0 Å². The third-order valence-electron chi connectivity index (χ3n) is 3.36. The van der Waals surface area contributed by atoms with E-state index in [1.165, 1.54) is 22.5 Å². The summed E-state index contributed by atoms with van der Waals surface area (Å²) in [4.78, 5) is 12.0. The minimum Gasteiger partial charge on any atom is -0.352 e. The topological polar surface area (TPSA) is 66.5 Å². The first kappa shape index (κ1) is 17.7. The highest BCUT2D eigenvalue weighted by Crippen LogP contribution is 2.24. The summed E-state index contributed by atoms with van der Waals surface area (Å²) >= 11 is 0. The zero-order valence-corrected chi connectivity index (χ0v) is 14.3. The number of rotatable bonds is 7. The molecule has 0 aromatic heterocycles. The van der Waals surface area contributed by atoms with Crippen LogP contribution in [0.2, 0.25) is 0 Å². The van der Waals surface area contributed by atoms with Crippen molar-refractivity contribution in [2.75, 3.05) is 17.4 Å². The summed E-state index contributed by atoms with van der Waals surface area (Å²) in [7, 11) is -3.81. The molecule has 2 rings (SSSR count). The number of benzene rings is 2. The van der Waals surface area contributed by atoms with Crippen LogP contribution in [0.4, 0.5) is 5.69 Å². The van der Waals surface area contributed by atoms with Crippen LogP contribution in [0, 0.1) is 0 Å². The predicted octanol–water partition coefficient (Wildman–Crippen LogP) is 2.82. The van der Waals surface area contributed by atoms with Crippen molar-refractivity contribution in [2.24, 2.45) is 0 Å². The van der Waals surface area contributed by atoms with Crippen LogP contribution in [0.25, 0.3) is 0 Å². The van der Waals surface area contributed by atoms with Crippen LogP contribution < -0.4 is 9.62 Å². The van der Waals surface area contributed by atoms with Crippen LogP contribution in [0.1, 0.15) is 17.3 Å². The van der Waals surface area contributed by atoms with Gasteiger partial charge in [-0.2, -0.15) is 0 Å². The lowest BCUT2D eigenvalue weighted by molar-refractivity contribution is 0.0955. The van der Waals surface area contributed by atoms with E-state index in [4.69, 9.17) is 0 Å². The molecule has 1 amide bonds. The van der Waals surface area contributed by atoms with Crippen molar-refractivity contribution in [3.05, 3.63) is 72.8 Å². The second kappa shape index (κ2) is 7.79. The van der Waals surface area contributed by atoms with Crippen molar-refractivity contribution in [2.45, 2.75) is 11.8 Å². The predicted molar refractivity (Wildman–Crippen MR) is 95.6 cm³/mol. The molecular weight excluding hydrogens is 324 g/mol. The van der Waals surface area contributed by atoms with Crippen molar-refractivity contribution in [3.63, 3.8) is 0 Å². The number of anilines is 1. The molecule has 0 atom stereocenters. The molecule has 0 radical (unpaired) electrons. The molecule has 0 saturated carbocycles. The monoisotopic (exact) mass is 344 g/mol. The molecule has 1 N–H and O–H groups in total. The Morgan fingerprint density at radius 1 is 1.17 bits per heavy atom. The molecule has 0 aliphatic carbocycles. The Bertz CT molecular complexity index is 817. The maximum Gasteiger partial charge on any atom is 0.264 e. The van der Waals surface area contributed by atoms with Crippen LogP contribution in [0.15, 0.2) is 72.1 Å². The largest absolute Gasteiger partial charge is 0.352 e. The van der Waals surface area contributed by atoms with E-state index in [2.05, 4.69) is 11.9 Å². The molecule has 2 aromatic rings. The fourth-order valence-corrected chi connectivity index (χ4v) is 3.72. The second-order valence-corrected chi connectivity index (χ2v) is 6.91. The van der Waals surface area contributed by atoms with Gasteiger partial charge in [0.25, 0.3) is 15.9 Å². The molecule has 0 fully saturated rings. The Labute approximate surface area is 142 Å². The number of sulfonamides is 1. The Morgan fingerprint density at radius 2 is 1.88 bits per heavy atom. The standard InChI is InChI=1S/C18H20N2O3S/c1-3-13-20(16-10-6-5-7-11-16)24(22,23)17-12-8-9-15(14-17)18(21)19-4-2/h3,5-12,14H,1,4,13H2,2H3,(H,19,21). The van der Waals surface area contributed by atoms with E-state index < -0.39 is 10.0 Å². The van der Waals surface area contributed by atoms with E-state index in [1.54, 1.807) is 43.3 Å². The summed E-state index contributed by atoms with van der Waals surface area (Å²) in [6, 6.07) is 14.8. The second-order valence-electron chi connectivity index (χ2n) is 5.05. The molecule has 0 aliphatic heterocycles. The van der Waals surface area contributed by atoms with Crippen LogP contribution in [-0.2, 0) is 10.0 Å². The number of hydrogen-bond acceptors (Lipinski definition) is 3. The highest BCUT2D eigenvalue weighted by molar-refractivity contribution is 7.92. The molecule has 0 bridgehead atoms. The average Bonchev–Trinajstić information content (AvgIpc) is 2.60. The third-order valence-corrected chi connectivity index (χ3v) is 5.15. The first-order valence-electron chi connectivity index (χ1n) is 7.57. The first-order chi connectivity index (χ1) is 11.5. The summed E-state index contributed by atoms with van der Waals surface area (Å²) in [5.41, 5.74) is 0.852. The van der Waals surface area contributed by atoms with Gasteiger partial charge in [0.15, 0.2) is 0 Å². The van der Waals surface area contributed by atoms with Gasteiger partial charge in [-0.3, -0.25) is 9.10 Å². The maximum atomic E-state index is 13.0. The summed E-state index contributed by atoms with van der Waals surface area (Å²) in [6.45, 7) is 6.05. The summed E-state index contributed by atoms with van der Waals surface area (Å²) in [5, 5.41) is 2.66. The van der Waals surface area contributed by atoms with Gasteiger partial charge in [0.1, 0.15) is 0 Å². The molecular formula is C18H20N2O3S. The van der Waals surface area contributed by atoms with Crippen molar-refractivity contribution in [3.8, 4) is 0 Å². The number of nitrogens with zero attached hydrogens (tertiary/aromatic N) is 1. The average molecular weight is 344 g/mol. The molecule has 2 aromatic carbocycles. The third kappa shape index (κ3) is 3.83. The molecule has 0 unspecified atom stereocenters. The molecule has 0 heterocycles. The molecule has 0 saturated heterocycles. The number of nitrogens with one attached hydrogen (secondary N) is 1. The quantitative estimate of drug-likeness (QED) is 0.786. The van der Waals surface area contributed by atoms with E-state index in [0.29, 0.717) is 17.8 Å². The lowest BCUT2D eigenvalue weighted by atomic mass is 10.2. The molecule has 24 heavy (non-hydrogen) atoms. The molecule has 0 spiro atoms. The summed E-state index contributed by atoms with van der Waals surface area (Å²) in [5.74, 6) is -0.301. The SMILES string of the molecule is C=CCN(c1ccccc1)S(=O)(=O)c1cccc(C(=O)NCC)c1. The van der Waals surface area contributed by atoms with Crippen molar-refractivity contribution in [1.29, 1.82) is 0 Å². The van der Waals surface area contributed by atoms with Gasteiger partial charge in [-0.25, -0.2) is 8.42 Å². The van der Waals surface area contributed by atoms with Crippen LogP contribution in [0.3, 0.4) is 0 Å². The summed E-state index contributed by atoms with van der Waals surface area (Å²) < 4.78 is 27.3. The lowest BCUT2D eigenvalue weighted by Gasteiger charge is -2.23. The number of para-hydroxylation sites is 1. The fraction of sp³-hybridized carbons (Fsp3) is 0.167. The molecule has 0 aliphatic rings. The Hall–Kier alpha value is -2.60. The first-order valence-corrected chi connectivity index (χ1v) is 9.01. The highest BCUT2D eigenvalue weighted by atomic mass is 32.2. The van der Waals surface area contributed by atoms with Crippen LogP contribution >= 0.6 is 0 Å². The summed E-state index contributed by atoms with van der Waals surface area (Å²) in [6.07, 6.45) is 1.53. The van der Waals surface area contributed by atoms with E-state index >= 15 is 0 Å². The van der Waals surface area contributed by atoms with E-state index in [1.807, 2.05) is 6.07 Å². The van der Waals surface area contributed by atoms with Gasteiger partial charge in [-0.1, -0.05) is 30.3 Å². The number of amides is 1. The normalized spacial score (nSPS) is 10.9. The number of carbonyl (C=O) groups excluding carboxylic acids is 1. The van der Waals surface area contributed by atoms with Crippen LogP contribution in [0.5, 0.6) is 0 Å². The van der Waals surface area contributed by atoms with Crippen molar-refractivity contribution >= 4 is 21.6 Å². The minimum absolute atomic E-state index is 0.0666. The molecule has 6 heteroatoms. The van der Waals surface area contributed by atoms with E-state index in [9.17, 15) is 13.2 Å². The van der Waals surface area contributed by atoms with Gasteiger partial charge in [-0.15, -0.1) is 6.58 Å². The van der Waals surface area contributed by atoms with Gasteiger partial charge in [0.05, 0.1) is 17.1 Å². The smallest absolute Gasteiger partial charge is 0.264 e. The molecule has 5 nitrogen and oxygen atoms in total. The Morgan fingerprint density at radius 3 is 2.50 bits per heavy atom. The number of carbonyl (C=O) groups is 1. The zero-order chi connectivity index (χ0) is 17.6. The van der Waals surface area contributed by atoms with E-state index in [0.717, 1.165) is 0 Å². The Balaban J connectivity index is 2.46. The minimum atomic E-state index is -3.81. The van der Waals surface area contributed by atoms with Crippen molar-refractivity contribution in [1.82, 2.24) is 5.32 Å². The maximum absolute atomic E-state index is 13.0. The van der Waals surface area contributed by atoms with E-state index in [-0.39, 0.29) is 17.3 Å². The highest BCUT2D eigenvalue weighted by Gasteiger charge is 2.24. The van der Waals surface area contributed by atoms with Gasteiger partial charge in [0, 0.05) is 12.1 Å². The molecule has 126 valence electrons. The lowest BCUT2D eigenvalue weighted by Crippen LogP contribution is -2.31.